The van der Waals surface area contributed by atoms with Crippen LogP contribution in [0.5, 0.6) is 0 Å². The highest BCUT2D eigenvalue weighted by Gasteiger charge is 2.15. The Hall–Kier alpha value is -1.69. The molecule has 0 aliphatic carbocycles. The van der Waals surface area contributed by atoms with E-state index in [1.165, 1.54) is 6.07 Å². The number of amides is 1. The van der Waals surface area contributed by atoms with Crippen molar-refractivity contribution in [3.8, 4) is 0 Å². The van der Waals surface area contributed by atoms with Gasteiger partial charge in [0.25, 0.3) is 0 Å². The molecule has 0 saturated carbocycles. The van der Waals surface area contributed by atoms with E-state index in [9.17, 15) is 9.18 Å². The average molecular weight is 566 g/mol. The molecule has 0 bridgehead atoms. The van der Waals surface area contributed by atoms with Crippen LogP contribution >= 0.6 is 38.5 Å². The second-order valence-corrected chi connectivity index (χ2v) is 8.87. The smallest absolute Gasteiger partial charge is 0.407 e. The van der Waals surface area contributed by atoms with Gasteiger partial charge in [-0.15, -0.1) is 0 Å². The number of carbonyl (C=O) groups excluding carboxylic acids is 1. The third-order valence-corrected chi connectivity index (χ3v) is 4.64. The molecule has 2 aromatic rings. The van der Waals surface area contributed by atoms with Gasteiger partial charge in [-0.3, -0.25) is 0 Å². The van der Waals surface area contributed by atoms with Crippen LogP contribution in [0.3, 0.4) is 0 Å². The Kier molecular flexibility index (Phi) is 8.23. The number of nitrogens with one attached hydrogen (secondary N) is 3. The first-order valence-corrected chi connectivity index (χ1v) is 10.5. The molecule has 1 aromatic heterocycles. The van der Waals surface area contributed by atoms with Gasteiger partial charge < -0.3 is 20.7 Å². The molecule has 10 heteroatoms. The molecule has 7 nitrogen and oxygen atoms in total. The number of hydrogen-bond donors (Lipinski definition) is 3. The fourth-order valence-corrected chi connectivity index (χ4v) is 2.90. The number of hydrogen-bond acceptors (Lipinski definition) is 6. The Morgan fingerprint density at radius 3 is 2.75 bits per heavy atom. The van der Waals surface area contributed by atoms with Crippen LogP contribution in [0.15, 0.2) is 28.9 Å². The molecule has 2 rings (SSSR count). The summed E-state index contributed by atoms with van der Waals surface area (Å²) in [5.41, 5.74) is 0.181. The zero-order valence-electron chi connectivity index (χ0n) is 15.8. The Morgan fingerprint density at radius 1 is 1.32 bits per heavy atom. The Bertz CT molecular complexity index is 832. The number of benzene rings is 1. The van der Waals surface area contributed by atoms with E-state index in [0.717, 1.165) is 0 Å². The van der Waals surface area contributed by atoms with E-state index in [4.69, 9.17) is 4.74 Å². The molecule has 0 fully saturated rings. The highest BCUT2D eigenvalue weighted by atomic mass is 127. The third kappa shape index (κ3) is 7.74. The summed E-state index contributed by atoms with van der Waals surface area (Å²) >= 11 is 5.33. The highest BCUT2D eigenvalue weighted by Crippen LogP contribution is 2.23. The zero-order valence-corrected chi connectivity index (χ0v) is 19.5. The molecule has 28 heavy (non-hydrogen) atoms. The minimum Gasteiger partial charge on any atom is -0.444 e. The quantitative estimate of drug-likeness (QED) is 0.321. The number of aromatic nitrogens is 2. The molecule has 1 heterocycles. The van der Waals surface area contributed by atoms with Crippen LogP contribution in [0.4, 0.5) is 26.6 Å². The number of anilines is 3. The fourth-order valence-electron chi connectivity index (χ4n) is 2.05. The molecular weight excluding hydrogens is 544 g/mol. The molecule has 152 valence electrons. The monoisotopic (exact) mass is 565 g/mol. The van der Waals surface area contributed by atoms with Gasteiger partial charge in [-0.1, -0.05) is 0 Å². The third-order valence-electron chi connectivity index (χ3n) is 3.23. The molecule has 0 unspecified atom stereocenters. The van der Waals surface area contributed by atoms with Crippen LogP contribution in [0.25, 0.3) is 0 Å². The van der Waals surface area contributed by atoms with Crippen molar-refractivity contribution in [1.29, 1.82) is 0 Å². The second-order valence-electron chi connectivity index (χ2n) is 6.85. The minimum absolute atomic E-state index is 0.273. The van der Waals surface area contributed by atoms with E-state index in [-0.39, 0.29) is 5.82 Å². The van der Waals surface area contributed by atoms with E-state index in [1.54, 1.807) is 18.3 Å². The molecule has 0 aliphatic rings. The van der Waals surface area contributed by atoms with Gasteiger partial charge in [-0.2, -0.15) is 4.98 Å². The van der Waals surface area contributed by atoms with Gasteiger partial charge in [0, 0.05) is 25.0 Å². The lowest BCUT2D eigenvalue weighted by Crippen LogP contribution is -2.33. The summed E-state index contributed by atoms with van der Waals surface area (Å²) in [6.07, 6.45) is 1.89. The van der Waals surface area contributed by atoms with Crippen LogP contribution in [0, 0.1) is 9.39 Å². The number of halogens is 3. The van der Waals surface area contributed by atoms with Crippen molar-refractivity contribution in [1.82, 2.24) is 15.3 Å². The minimum atomic E-state index is -0.514. The van der Waals surface area contributed by atoms with E-state index in [1.807, 2.05) is 43.4 Å². The van der Waals surface area contributed by atoms with E-state index < -0.39 is 11.7 Å². The van der Waals surface area contributed by atoms with Crippen molar-refractivity contribution in [2.75, 3.05) is 23.7 Å². The number of nitrogens with zero attached hydrogens (tertiary/aromatic N) is 2. The van der Waals surface area contributed by atoms with Crippen molar-refractivity contribution in [2.24, 2.45) is 0 Å². The van der Waals surface area contributed by atoms with Gasteiger partial charge in [0.1, 0.15) is 17.2 Å². The van der Waals surface area contributed by atoms with Gasteiger partial charge in [-0.05, 0) is 83.9 Å². The molecule has 3 N–H and O–H groups in total. The van der Waals surface area contributed by atoms with Crippen LogP contribution < -0.4 is 16.0 Å². The average Bonchev–Trinajstić information content (AvgIpc) is 2.59. The summed E-state index contributed by atoms with van der Waals surface area (Å²) in [5, 5.41) is 8.94. The topological polar surface area (TPSA) is 88.2 Å². The van der Waals surface area contributed by atoms with Crippen molar-refractivity contribution in [3.05, 3.63) is 38.3 Å². The number of alkyl carbamates (subject to hydrolysis) is 1. The van der Waals surface area contributed by atoms with Gasteiger partial charge in [-0.25, -0.2) is 14.2 Å². The number of ether oxygens (including phenoxy) is 1. The van der Waals surface area contributed by atoms with Gasteiger partial charge in [0.15, 0.2) is 0 Å². The first kappa shape index (κ1) is 22.6. The molecule has 0 aliphatic heterocycles. The Labute approximate surface area is 185 Å². The standard InChI is InChI=1S/C18H22BrFIN5O2/c1-18(2,3)28-17(27)23-8-4-7-22-15-12(19)10-24-16(26-15)25-11-5-6-13(20)14(21)9-11/h5-6,9-10H,4,7-8H2,1-3H3,(H,23,27)(H2,22,24,25,26). The van der Waals surface area contributed by atoms with E-state index >= 15 is 0 Å². The predicted octanol–water partition coefficient (Wildman–Crippen LogP) is 5.05. The van der Waals surface area contributed by atoms with Gasteiger partial charge >= 0.3 is 6.09 Å². The maximum Gasteiger partial charge on any atom is 0.407 e. The number of rotatable bonds is 7. The van der Waals surface area contributed by atoms with Gasteiger partial charge in [0.2, 0.25) is 5.95 Å². The van der Waals surface area contributed by atoms with Crippen LogP contribution in [0.1, 0.15) is 27.2 Å². The first-order chi connectivity index (χ1) is 13.1. The highest BCUT2D eigenvalue weighted by molar-refractivity contribution is 14.1. The molecule has 0 spiro atoms. The molecule has 0 saturated heterocycles. The zero-order chi connectivity index (χ0) is 20.7. The molecule has 1 amide bonds. The summed E-state index contributed by atoms with van der Waals surface area (Å²) in [6, 6.07) is 4.69. The normalized spacial score (nSPS) is 11.1. The van der Waals surface area contributed by atoms with E-state index in [2.05, 4.69) is 41.8 Å². The maximum atomic E-state index is 13.4. The summed E-state index contributed by atoms with van der Waals surface area (Å²) in [7, 11) is 0. The molecule has 1 aromatic carbocycles. The first-order valence-electron chi connectivity index (χ1n) is 8.59. The van der Waals surface area contributed by atoms with E-state index in [0.29, 0.717) is 45.0 Å². The lowest BCUT2D eigenvalue weighted by atomic mass is 10.2. The SMILES string of the molecule is CC(C)(C)OC(=O)NCCCNc1nc(Nc2ccc(F)c(I)c2)ncc1Br. The lowest BCUT2D eigenvalue weighted by molar-refractivity contribution is 0.0528. The lowest BCUT2D eigenvalue weighted by Gasteiger charge is -2.19. The maximum absolute atomic E-state index is 13.4. The van der Waals surface area contributed by atoms with Crippen LogP contribution in [0.2, 0.25) is 0 Å². The Balaban J connectivity index is 1.84. The predicted molar refractivity (Wildman–Crippen MR) is 119 cm³/mol. The largest absolute Gasteiger partial charge is 0.444 e. The van der Waals surface area contributed by atoms with Crippen molar-refractivity contribution in [3.63, 3.8) is 0 Å². The van der Waals surface area contributed by atoms with Crippen LogP contribution in [-0.2, 0) is 4.74 Å². The summed E-state index contributed by atoms with van der Waals surface area (Å²) in [5.74, 6) is 0.733. The van der Waals surface area contributed by atoms with Crippen molar-refractivity contribution < 1.29 is 13.9 Å². The summed E-state index contributed by atoms with van der Waals surface area (Å²) < 4.78 is 19.8. The van der Waals surface area contributed by atoms with Crippen molar-refractivity contribution in [2.45, 2.75) is 32.8 Å². The molecular formula is C18H22BrFIN5O2. The number of carbonyl (C=O) groups is 1. The molecule has 0 atom stereocenters. The fraction of sp³-hybridized carbons (Fsp3) is 0.389. The van der Waals surface area contributed by atoms with Crippen molar-refractivity contribution >= 4 is 62.1 Å². The summed E-state index contributed by atoms with van der Waals surface area (Å²) in [4.78, 5) is 20.2. The molecule has 0 radical (unpaired) electrons. The second kappa shape index (κ2) is 10.2. The van der Waals surface area contributed by atoms with Gasteiger partial charge in [0.05, 0.1) is 8.04 Å². The van der Waals surface area contributed by atoms with Crippen LogP contribution in [-0.4, -0.2) is 34.8 Å². The summed E-state index contributed by atoms with van der Waals surface area (Å²) in [6.45, 7) is 6.53. The Morgan fingerprint density at radius 2 is 2.07 bits per heavy atom.